The molecule has 5 heteroatoms. The smallest absolute Gasteiger partial charge is 0.254 e. The van der Waals surface area contributed by atoms with E-state index >= 15 is 0 Å². The van der Waals surface area contributed by atoms with Crippen molar-refractivity contribution in [3.05, 3.63) is 24.3 Å². The Balaban J connectivity index is 2.80. The van der Waals surface area contributed by atoms with E-state index in [1.807, 2.05) is 26.0 Å². The van der Waals surface area contributed by atoms with Crippen LogP contribution in [0.1, 0.15) is 13.8 Å². The van der Waals surface area contributed by atoms with Gasteiger partial charge in [-0.1, -0.05) is 12.1 Å². The van der Waals surface area contributed by atoms with Crippen LogP contribution in [0.4, 0.5) is 5.69 Å². The van der Waals surface area contributed by atoms with Crippen molar-refractivity contribution in [1.29, 1.82) is 0 Å². The summed E-state index contributed by atoms with van der Waals surface area (Å²) >= 11 is 0. The van der Waals surface area contributed by atoms with Gasteiger partial charge in [-0.05, 0) is 26.0 Å². The van der Waals surface area contributed by atoms with Crippen LogP contribution in [0.25, 0.3) is 0 Å². The van der Waals surface area contributed by atoms with E-state index in [1.54, 1.807) is 12.1 Å². The van der Waals surface area contributed by atoms with Gasteiger partial charge in [0.15, 0.2) is 0 Å². The molecule has 0 radical (unpaired) electrons. The Morgan fingerprint density at radius 1 is 1.39 bits per heavy atom. The quantitative estimate of drug-likeness (QED) is 0.802. The Morgan fingerprint density at radius 3 is 2.61 bits per heavy atom. The third kappa shape index (κ3) is 4.01. The summed E-state index contributed by atoms with van der Waals surface area (Å²) in [4.78, 5) is 11.8. The van der Waals surface area contributed by atoms with Crippen molar-refractivity contribution in [2.75, 3.05) is 19.0 Å². The summed E-state index contributed by atoms with van der Waals surface area (Å²) in [6, 6.07) is 7.26. The molecule has 0 saturated heterocycles. The molecule has 100 valence electrons. The van der Waals surface area contributed by atoms with Crippen LogP contribution in [0.3, 0.4) is 0 Å². The number of anilines is 1. The number of carbonyl (C=O) groups is 1. The van der Waals surface area contributed by atoms with Crippen molar-refractivity contribution in [2.24, 2.45) is 5.73 Å². The lowest BCUT2D eigenvalue weighted by Gasteiger charge is -2.17. The number of rotatable bonds is 6. The average molecular weight is 252 g/mol. The molecule has 1 atom stereocenters. The van der Waals surface area contributed by atoms with E-state index in [9.17, 15) is 4.79 Å². The molecule has 0 aliphatic rings. The summed E-state index contributed by atoms with van der Waals surface area (Å²) < 4.78 is 10.6. The molecule has 0 aliphatic carbocycles. The van der Waals surface area contributed by atoms with Crippen molar-refractivity contribution in [2.45, 2.75) is 26.1 Å². The number of benzene rings is 1. The predicted molar refractivity (Wildman–Crippen MR) is 70.7 cm³/mol. The SMILES string of the molecule is COC(CN)C(=O)Nc1ccccc1OC(C)C. The zero-order valence-corrected chi connectivity index (χ0v) is 11.0. The van der Waals surface area contributed by atoms with Gasteiger partial charge in [-0.3, -0.25) is 4.79 Å². The third-order valence-corrected chi connectivity index (χ3v) is 2.30. The highest BCUT2D eigenvalue weighted by atomic mass is 16.5. The molecule has 1 rings (SSSR count). The van der Waals surface area contributed by atoms with Crippen molar-refractivity contribution in [3.63, 3.8) is 0 Å². The molecule has 0 aliphatic heterocycles. The molecule has 0 fully saturated rings. The first kappa shape index (κ1) is 14.5. The first-order chi connectivity index (χ1) is 8.58. The van der Waals surface area contributed by atoms with Crippen LogP contribution in [0.15, 0.2) is 24.3 Å². The largest absolute Gasteiger partial charge is 0.489 e. The third-order valence-electron chi connectivity index (χ3n) is 2.30. The van der Waals surface area contributed by atoms with Gasteiger partial charge in [-0.25, -0.2) is 0 Å². The molecule has 0 bridgehead atoms. The van der Waals surface area contributed by atoms with Gasteiger partial charge < -0.3 is 20.5 Å². The van der Waals surface area contributed by atoms with Crippen molar-refractivity contribution < 1.29 is 14.3 Å². The number of para-hydroxylation sites is 2. The molecule has 0 saturated carbocycles. The van der Waals surface area contributed by atoms with Crippen LogP contribution in [-0.4, -0.2) is 31.8 Å². The van der Waals surface area contributed by atoms with Crippen LogP contribution >= 0.6 is 0 Å². The standard InChI is InChI=1S/C13H20N2O3/c1-9(2)18-11-7-5-4-6-10(11)15-13(16)12(8-14)17-3/h4-7,9,12H,8,14H2,1-3H3,(H,15,16). The van der Waals surface area contributed by atoms with Crippen LogP contribution in [0, 0.1) is 0 Å². The molecule has 1 aromatic carbocycles. The lowest BCUT2D eigenvalue weighted by Crippen LogP contribution is -2.36. The summed E-state index contributed by atoms with van der Waals surface area (Å²) in [5, 5.41) is 2.75. The summed E-state index contributed by atoms with van der Waals surface area (Å²) in [5.74, 6) is 0.354. The van der Waals surface area contributed by atoms with E-state index in [4.69, 9.17) is 15.2 Å². The van der Waals surface area contributed by atoms with Crippen LogP contribution < -0.4 is 15.8 Å². The molecule has 0 aromatic heterocycles. The zero-order chi connectivity index (χ0) is 13.5. The first-order valence-corrected chi connectivity index (χ1v) is 5.88. The lowest BCUT2D eigenvalue weighted by atomic mass is 10.2. The van der Waals surface area contributed by atoms with E-state index in [1.165, 1.54) is 7.11 Å². The number of nitrogens with two attached hydrogens (primary N) is 1. The van der Waals surface area contributed by atoms with Crippen molar-refractivity contribution in [1.82, 2.24) is 0 Å². The topological polar surface area (TPSA) is 73.6 Å². The van der Waals surface area contributed by atoms with Gasteiger partial charge in [0.05, 0.1) is 11.8 Å². The number of ether oxygens (including phenoxy) is 2. The first-order valence-electron chi connectivity index (χ1n) is 5.88. The summed E-state index contributed by atoms with van der Waals surface area (Å²) in [7, 11) is 1.45. The van der Waals surface area contributed by atoms with E-state index in [-0.39, 0.29) is 18.6 Å². The number of amides is 1. The fraction of sp³-hybridized carbons (Fsp3) is 0.462. The zero-order valence-electron chi connectivity index (χ0n) is 11.0. The molecule has 18 heavy (non-hydrogen) atoms. The average Bonchev–Trinajstić information content (AvgIpc) is 2.32. The second kappa shape index (κ2) is 6.98. The Labute approximate surface area is 107 Å². The van der Waals surface area contributed by atoms with Gasteiger partial charge in [0.25, 0.3) is 5.91 Å². The second-order valence-electron chi connectivity index (χ2n) is 4.11. The number of carbonyl (C=O) groups excluding carboxylic acids is 1. The molecule has 1 unspecified atom stereocenters. The number of hydrogen-bond donors (Lipinski definition) is 2. The van der Waals surface area contributed by atoms with E-state index in [2.05, 4.69) is 5.32 Å². The van der Waals surface area contributed by atoms with Gasteiger partial charge in [0.2, 0.25) is 0 Å². The molecule has 1 aromatic rings. The number of methoxy groups -OCH3 is 1. The molecule has 3 N–H and O–H groups in total. The second-order valence-corrected chi connectivity index (χ2v) is 4.11. The normalized spacial score (nSPS) is 12.3. The van der Waals surface area contributed by atoms with Gasteiger partial charge in [-0.2, -0.15) is 0 Å². The van der Waals surface area contributed by atoms with Gasteiger partial charge in [-0.15, -0.1) is 0 Å². The molecular weight excluding hydrogens is 232 g/mol. The maximum absolute atomic E-state index is 11.8. The summed E-state index contributed by atoms with van der Waals surface area (Å²) in [5.41, 5.74) is 6.06. The fourth-order valence-corrected chi connectivity index (χ4v) is 1.45. The van der Waals surface area contributed by atoms with E-state index < -0.39 is 6.10 Å². The molecule has 0 heterocycles. The van der Waals surface area contributed by atoms with Crippen LogP contribution in [0.5, 0.6) is 5.75 Å². The van der Waals surface area contributed by atoms with Crippen molar-refractivity contribution >= 4 is 11.6 Å². The van der Waals surface area contributed by atoms with Gasteiger partial charge >= 0.3 is 0 Å². The maximum atomic E-state index is 11.8. The maximum Gasteiger partial charge on any atom is 0.254 e. The Hall–Kier alpha value is -1.59. The molecular formula is C13H20N2O3. The van der Waals surface area contributed by atoms with E-state index in [0.29, 0.717) is 11.4 Å². The van der Waals surface area contributed by atoms with E-state index in [0.717, 1.165) is 0 Å². The number of nitrogens with one attached hydrogen (secondary N) is 1. The van der Waals surface area contributed by atoms with Gasteiger partial charge in [0.1, 0.15) is 11.9 Å². The monoisotopic (exact) mass is 252 g/mol. The van der Waals surface area contributed by atoms with Crippen LogP contribution in [0.2, 0.25) is 0 Å². The summed E-state index contributed by atoms with van der Waals surface area (Å²) in [6.07, 6.45) is -0.618. The van der Waals surface area contributed by atoms with Gasteiger partial charge in [0, 0.05) is 13.7 Å². The number of hydrogen-bond acceptors (Lipinski definition) is 4. The lowest BCUT2D eigenvalue weighted by molar-refractivity contribution is -0.125. The minimum Gasteiger partial charge on any atom is -0.489 e. The highest BCUT2D eigenvalue weighted by Gasteiger charge is 2.17. The Bertz CT molecular complexity index is 390. The minimum atomic E-state index is -0.655. The van der Waals surface area contributed by atoms with Crippen LogP contribution in [-0.2, 0) is 9.53 Å². The fourth-order valence-electron chi connectivity index (χ4n) is 1.45. The minimum absolute atomic E-state index is 0.0378. The highest BCUT2D eigenvalue weighted by Crippen LogP contribution is 2.24. The van der Waals surface area contributed by atoms with Crippen molar-refractivity contribution in [3.8, 4) is 5.75 Å². The molecule has 5 nitrogen and oxygen atoms in total. The molecule has 0 spiro atoms. The Kier molecular flexibility index (Phi) is 5.61. The summed E-state index contributed by atoms with van der Waals surface area (Å²) in [6.45, 7) is 3.99. The molecule has 1 amide bonds. The highest BCUT2D eigenvalue weighted by molar-refractivity contribution is 5.95. The predicted octanol–water partition coefficient (Wildman–Crippen LogP) is 1.39. The Morgan fingerprint density at radius 2 is 2.06 bits per heavy atom.